The summed E-state index contributed by atoms with van der Waals surface area (Å²) in [7, 11) is 1.05. The molecule has 3 saturated heterocycles. The molecule has 1 saturated carbocycles. The average molecular weight is 1050 g/mol. The topological polar surface area (TPSA) is 220 Å². The Labute approximate surface area is 433 Å². The molecule has 0 radical (unpaired) electrons. The summed E-state index contributed by atoms with van der Waals surface area (Å²) in [5.74, 6) is -8.90. The van der Waals surface area contributed by atoms with Crippen molar-refractivity contribution in [2.24, 2.45) is 41.4 Å². The molecule has 9 unspecified atom stereocenters. The third kappa shape index (κ3) is 15.7. The maximum absolute atomic E-state index is 14.6. The molecule has 4 fully saturated rings. The summed E-state index contributed by atoms with van der Waals surface area (Å²) >= 11 is 0. The lowest BCUT2D eigenvalue weighted by Gasteiger charge is -2.50. The summed E-state index contributed by atoms with van der Waals surface area (Å²) in [6, 6.07) is -1.18. The number of amides is 1. The molecule has 0 aromatic carbocycles. The van der Waals surface area contributed by atoms with Gasteiger partial charge in [0.05, 0.1) is 37.6 Å². The number of methoxy groups -OCH3 is 3. The van der Waals surface area contributed by atoms with Crippen LogP contribution in [0.25, 0.3) is 0 Å². The second-order valence-corrected chi connectivity index (χ2v) is 23.4. The van der Waals surface area contributed by atoms with Crippen molar-refractivity contribution in [1.82, 2.24) is 4.90 Å². The van der Waals surface area contributed by atoms with Gasteiger partial charge in [0.1, 0.15) is 30.1 Å². The molecule has 5 aliphatic rings. The monoisotopic (exact) mass is 1050 g/mol. The van der Waals surface area contributed by atoms with E-state index in [0.717, 1.165) is 5.57 Å². The summed E-state index contributed by atoms with van der Waals surface area (Å²) in [5, 5.41) is 23.7. The zero-order valence-electron chi connectivity index (χ0n) is 45.2. The Morgan fingerprint density at radius 3 is 2.29 bits per heavy atom. The van der Waals surface area contributed by atoms with Crippen LogP contribution in [0.2, 0.25) is 0 Å². The molecule has 2 N–H and O–H groups in total. The number of fused-ring (bicyclic) bond motifs is 4. The Hall–Kier alpha value is -3.22. The van der Waals surface area contributed by atoms with Crippen LogP contribution in [0.1, 0.15) is 119 Å². The van der Waals surface area contributed by atoms with Gasteiger partial charge in [-0.25, -0.2) is 4.79 Å². The van der Waals surface area contributed by atoms with E-state index in [1.165, 1.54) is 18.7 Å². The molecule has 0 aromatic heterocycles. The van der Waals surface area contributed by atoms with Gasteiger partial charge in [0.2, 0.25) is 5.79 Å². The van der Waals surface area contributed by atoms with Crippen molar-refractivity contribution >= 4 is 36.8 Å². The van der Waals surface area contributed by atoms with Crippen molar-refractivity contribution in [3.05, 3.63) is 47.6 Å². The van der Waals surface area contributed by atoms with E-state index < -0.39 is 109 Å². The van der Waals surface area contributed by atoms with Crippen LogP contribution in [0, 0.1) is 41.4 Å². The van der Waals surface area contributed by atoms with E-state index in [4.69, 9.17) is 37.5 Å². The molecule has 5 rings (SSSR count). The number of Topliss-reactive ketones (excluding diaryl/α,β-unsaturated/α-hetero) is 3. The number of allylic oxidation sites excluding steroid dienone is 6. The van der Waals surface area contributed by atoms with Gasteiger partial charge in [-0.15, -0.1) is 0 Å². The van der Waals surface area contributed by atoms with E-state index >= 15 is 0 Å². The fraction of sp³-hybridized carbons (Fsp3) is 0.764. The van der Waals surface area contributed by atoms with Crippen molar-refractivity contribution in [2.45, 2.75) is 174 Å². The standard InChI is InChI=1S/C55H86NO16P/c1-12-68-25-26-69-73(11,64)72-44-23-21-39(30-47(44)66-9)29-42-41-19-16-24-56-48(41)54(62)70-46(42)32-43(57)35(4)28-37(6)50(59)51(67-10)49(58)36(5)27-33(2)17-14-13-15-18-34(3)45(65-8)31-40-22-20-38(7)55(63,71-40)52(60)53(56)61/h13-15,17-18,28,33,35-36,38-42,44-48,50-51,59,63H,12,16,19-27,29-32H2,1-11H3/b15-13+,17-14+,34-18+,37-28+/t33-,35-,36?,38?,39?,40+,41?,42+,44-,45+,46+,47?,48?,50?,51+,55?,73?/m1/s1. The number of rotatable bonds is 12. The first kappa shape index (κ1) is 60.6. The predicted octanol–water partition coefficient (Wildman–Crippen LogP) is 7.30. The number of esters is 1. The van der Waals surface area contributed by atoms with Crippen LogP contribution in [0.5, 0.6) is 0 Å². The van der Waals surface area contributed by atoms with Gasteiger partial charge in [0.15, 0.2) is 5.78 Å². The van der Waals surface area contributed by atoms with Gasteiger partial charge < -0.3 is 52.6 Å². The molecule has 1 amide bonds. The molecule has 17 nitrogen and oxygen atoms in total. The van der Waals surface area contributed by atoms with Crippen LogP contribution in [0.15, 0.2) is 47.6 Å². The van der Waals surface area contributed by atoms with Gasteiger partial charge in [0.25, 0.3) is 11.7 Å². The Morgan fingerprint density at radius 2 is 1.60 bits per heavy atom. The molecule has 0 spiro atoms. The molecular formula is C55H86NO16P. The van der Waals surface area contributed by atoms with Crippen molar-refractivity contribution < 1.29 is 76.2 Å². The number of aliphatic hydroxyl groups excluding tert-OH is 1. The molecule has 73 heavy (non-hydrogen) atoms. The third-order valence-corrected chi connectivity index (χ3v) is 17.3. The van der Waals surface area contributed by atoms with Gasteiger partial charge in [-0.2, -0.15) is 0 Å². The second kappa shape index (κ2) is 27.7. The summed E-state index contributed by atoms with van der Waals surface area (Å²) in [4.78, 5) is 72.9. The van der Waals surface area contributed by atoms with E-state index in [0.29, 0.717) is 76.4 Å². The van der Waals surface area contributed by atoms with Crippen LogP contribution in [0.4, 0.5) is 0 Å². The van der Waals surface area contributed by atoms with Gasteiger partial charge in [-0.05, 0) is 107 Å². The lowest BCUT2D eigenvalue weighted by Crippen LogP contribution is -2.65. The number of nitrogens with zero attached hydrogens (tertiary/aromatic N) is 1. The smallest absolute Gasteiger partial charge is 0.329 e. The fourth-order valence-corrected chi connectivity index (χ4v) is 12.9. The first-order chi connectivity index (χ1) is 34.6. The van der Waals surface area contributed by atoms with Crippen molar-refractivity contribution in [3.8, 4) is 0 Å². The van der Waals surface area contributed by atoms with Crippen LogP contribution < -0.4 is 0 Å². The highest BCUT2D eigenvalue weighted by Crippen LogP contribution is 2.50. The molecule has 0 aromatic rings. The highest BCUT2D eigenvalue weighted by atomic mass is 31.2. The highest BCUT2D eigenvalue weighted by Gasteiger charge is 2.57. The molecule has 4 heterocycles. The summed E-state index contributed by atoms with van der Waals surface area (Å²) in [6.45, 7) is 15.0. The first-order valence-electron chi connectivity index (χ1n) is 26.6. The molecule has 4 bridgehead atoms. The Bertz CT molecular complexity index is 2070. The minimum absolute atomic E-state index is 0.00642. The number of carbonyl (C=O) groups excluding carboxylic acids is 5. The number of ketones is 3. The maximum Gasteiger partial charge on any atom is 0.329 e. The van der Waals surface area contributed by atoms with Gasteiger partial charge in [-0.3, -0.25) is 23.7 Å². The Balaban J connectivity index is 1.49. The Morgan fingerprint density at radius 1 is 0.863 bits per heavy atom. The summed E-state index contributed by atoms with van der Waals surface area (Å²) < 4.78 is 60.2. The van der Waals surface area contributed by atoms with E-state index in [2.05, 4.69) is 0 Å². The second-order valence-electron chi connectivity index (χ2n) is 21.4. The van der Waals surface area contributed by atoms with Crippen LogP contribution in [-0.4, -0.2) is 153 Å². The molecular weight excluding hydrogens is 962 g/mol. The van der Waals surface area contributed by atoms with Crippen molar-refractivity contribution in [1.29, 1.82) is 0 Å². The lowest BCUT2D eigenvalue weighted by molar-refractivity contribution is -0.266. The van der Waals surface area contributed by atoms with Crippen molar-refractivity contribution in [2.75, 3.05) is 54.4 Å². The SMILES string of the molecule is CCOCCOP(C)(=O)O[C@@H]1CCC(C[C@H]2C3CCCN4C(=O)C(=O)C5(O)O[C@@H](CCC5C)C[C@H](OC)/C(C)=C/C=C/C=C/[C@@H](C)CC(C)C(=O)[C@H](OC)C(O)/C(C)=C/[C@@H](C)C(=O)C[C@@H]2OC(=O)C34)CC1OC. The quantitative estimate of drug-likeness (QED) is 0.0644. The van der Waals surface area contributed by atoms with E-state index in [-0.39, 0.29) is 49.6 Å². The zero-order valence-corrected chi connectivity index (χ0v) is 46.1. The lowest BCUT2D eigenvalue weighted by atomic mass is 9.68. The summed E-state index contributed by atoms with van der Waals surface area (Å²) in [5.41, 5.74) is 1.25. The van der Waals surface area contributed by atoms with Crippen LogP contribution in [0.3, 0.4) is 0 Å². The number of ether oxygens (including phenoxy) is 6. The van der Waals surface area contributed by atoms with Crippen LogP contribution >= 0.6 is 7.60 Å². The molecule has 412 valence electrons. The Kier molecular flexibility index (Phi) is 23.0. The number of piperidine rings is 1. The van der Waals surface area contributed by atoms with Gasteiger partial charge in [-0.1, -0.05) is 64.2 Å². The largest absolute Gasteiger partial charge is 0.460 e. The molecule has 18 heteroatoms. The van der Waals surface area contributed by atoms with Crippen LogP contribution in [-0.2, 0) is 66.0 Å². The number of hydrogen-bond donors (Lipinski definition) is 2. The molecule has 1 aliphatic carbocycles. The van der Waals surface area contributed by atoms with Gasteiger partial charge in [0, 0.05) is 77.7 Å². The van der Waals surface area contributed by atoms with Crippen molar-refractivity contribution in [3.63, 3.8) is 0 Å². The fourth-order valence-electron chi connectivity index (χ4n) is 11.7. The average Bonchev–Trinajstić information content (AvgIpc) is 3.35. The number of carbonyl (C=O) groups is 5. The van der Waals surface area contributed by atoms with E-state index in [9.17, 15) is 38.8 Å². The minimum atomic E-state index is -3.47. The molecule has 17 atom stereocenters. The normalized spacial score (nSPS) is 40.2. The number of hydrogen-bond acceptors (Lipinski definition) is 16. The van der Waals surface area contributed by atoms with E-state index in [1.54, 1.807) is 41.1 Å². The first-order valence-corrected chi connectivity index (χ1v) is 28.5. The summed E-state index contributed by atoms with van der Waals surface area (Å²) in [6.07, 6.45) is 10.2. The molecule has 4 aliphatic heterocycles. The highest BCUT2D eigenvalue weighted by molar-refractivity contribution is 7.53. The van der Waals surface area contributed by atoms with E-state index in [1.807, 2.05) is 58.1 Å². The maximum atomic E-state index is 14.6. The number of aliphatic hydroxyl groups is 2. The zero-order chi connectivity index (χ0) is 53.8. The minimum Gasteiger partial charge on any atom is -0.460 e. The van der Waals surface area contributed by atoms with Gasteiger partial charge >= 0.3 is 13.6 Å². The predicted molar refractivity (Wildman–Crippen MR) is 273 cm³/mol. The third-order valence-electron chi connectivity index (χ3n) is 16.0.